The number of anilines is 1. The topological polar surface area (TPSA) is 70.4 Å². The number of halogens is 3. The first-order chi connectivity index (χ1) is 14.4. The largest absolute Gasteiger partial charge is 0.506 e. The van der Waals surface area contributed by atoms with Gasteiger partial charge in [0.15, 0.2) is 11.6 Å². The highest BCUT2D eigenvalue weighted by Gasteiger charge is 2.15. The Morgan fingerprint density at radius 1 is 1.03 bits per heavy atom. The maximum Gasteiger partial charge on any atom is 0.166 e. The molecular weight excluding hydrogens is 623 g/mol. The second-order valence-electron chi connectivity index (χ2n) is 6.51. The van der Waals surface area contributed by atoms with E-state index >= 15 is 0 Å². The van der Waals surface area contributed by atoms with Gasteiger partial charge in [0.25, 0.3) is 0 Å². The molecule has 5 nitrogen and oxygen atoms in total. The van der Waals surface area contributed by atoms with Crippen LogP contribution in [0, 0.1) is 3.57 Å². The van der Waals surface area contributed by atoms with Gasteiger partial charge >= 0.3 is 0 Å². The third-order valence-corrected chi connectivity index (χ3v) is 6.25. The number of nitrogens with zero attached hydrogens (tertiary/aromatic N) is 3. The van der Waals surface area contributed by atoms with Crippen LogP contribution in [0.3, 0.4) is 0 Å². The van der Waals surface area contributed by atoms with Crippen molar-refractivity contribution < 1.29 is 5.11 Å². The Hall–Kier alpha value is -2.04. The lowest BCUT2D eigenvalue weighted by molar-refractivity contribution is 0.473. The average molecular weight is 638 g/mol. The number of nitrogens with one attached hydrogen (secondary N) is 1. The second-order valence-corrected chi connectivity index (χ2v) is 9.53. The molecular formula is C22H15Br2IN4O. The van der Waals surface area contributed by atoms with E-state index in [9.17, 15) is 5.11 Å². The van der Waals surface area contributed by atoms with Gasteiger partial charge in [-0.25, -0.2) is 9.97 Å². The van der Waals surface area contributed by atoms with E-state index in [0.29, 0.717) is 21.7 Å². The van der Waals surface area contributed by atoms with E-state index in [1.54, 1.807) is 12.1 Å². The van der Waals surface area contributed by atoms with Crippen molar-refractivity contribution in [2.45, 2.75) is 6.92 Å². The first-order valence-corrected chi connectivity index (χ1v) is 11.6. The number of benzene rings is 3. The van der Waals surface area contributed by atoms with Crippen molar-refractivity contribution in [3.8, 4) is 17.1 Å². The number of aromatic hydroxyl groups is 1. The lowest BCUT2D eigenvalue weighted by Gasteiger charge is -2.11. The highest BCUT2D eigenvalue weighted by Crippen LogP contribution is 2.38. The van der Waals surface area contributed by atoms with Gasteiger partial charge in [0.05, 0.1) is 21.3 Å². The minimum Gasteiger partial charge on any atom is -0.506 e. The van der Waals surface area contributed by atoms with E-state index < -0.39 is 0 Å². The van der Waals surface area contributed by atoms with Gasteiger partial charge < -0.3 is 5.11 Å². The molecule has 0 aliphatic rings. The summed E-state index contributed by atoms with van der Waals surface area (Å²) >= 11 is 9.10. The second kappa shape index (κ2) is 8.99. The van der Waals surface area contributed by atoms with Gasteiger partial charge in [-0.2, -0.15) is 5.10 Å². The summed E-state index contributed by atoms with van der Waals surface area (Å²) in [5, 5.41) is 15.9. The lowest BCUT2D eigenvalue weighted by atomic mass is 10.1. The van der Waals surface area contributed by atoms with Crippen LogP contribution in [-0.4, -0.2) is 20.8 Å². The molecule has 4 rings (SSSR count). The number of rotatable bonds is 4. The summed E-state index contributed by atoms with van der Waals surface area (Å²) in [6, 6.07) is 19.4. The van der Waals surface area contributed by atoms with Crippen LogP contribution in [0.15, 0.2) is 74.7 Å². The molecule has 0 bridgehead atoms. The van der Waals surface area contributed by atoms with E-state index in [4.69, 9.17) is 0 Å². The van der Waals surface area contributed by atoms with Gasteiger partial charge in [0.2, 0.25) is 0 Å². The molecule has 0 unspecified atom stereocenters. The molecule has 0 atom stereocenters. The van der Waals surface area contributed by atoms with Crippen LogP contribution in [0.5, 0.6) is 5.75 Å². The molecule has 0 saturated carbocycles. The van der Waals surface area contributed by atoms with Crippen molar-refractivity contribution in [2.24, 2.45) is 5.10 Å². The average Bonchev–Trinajstić information content (AvgIpc) is 2.74. The molecule has 150 valence electrons. The van der Waals surface area contributed by atoms with Crippen LogP contribution >= 0.6 is 54.5 Å². The van der Waals surface area contributed by atoms with Gasteiger partial charge in [-0.05, 0) is 87.4 Å². The summed E-state index contributed by atoms with van der Waals surface area (Å²) in [7, 11) is 0. The predicted molar refractivity (Wildman–Crippen MR) is 137 cm³/mol. The van der Waals surface area contributed by atoms with Gasteiger partial charge in [-0.3, -0.25) is 5.43 Å². The first kappa shape index (κ1) is 21.2. The Kier molecular flexibility index (Phi) is 6.35. The summed E-state index contributed by atoms with van der Waals surface area (Å²) in [4.78, 5) is 9.30. The fraction of sp³-hybridized carbons (Fsp3) is 0.0455. The molecule has 0 amide bonds. The van der Waals surface area contributed by atoms with E-state index in [-0.39, 0.29) is 5.75 Å². The Bertz CT molecular complexity index is 1280. The number of hydrazone groups is 1. The zero-order chi connectivity index (χ0) is 21.3. The SMILES string of the molecule is C/C(=N/Nc1nc(-c2cc(Br)cc(Br)c2O)nc2ccccc12)c1ccc(I)cc1. The molecule has 4 aromatic rings. The molecule has 30 heavy (non-hydrogen) atoms. The van der Waals surface area contributed by atoms with Crippen LogP contribution in [0.25, 0.3) is 22.3 Å². The zero-order valence-corrected chi connectivity index (χ0v) is 21.0. The first-order valence-electron chi connectivity index (χ1n) is 8.94. The van der Waals surface area contributed by atoms with Crippen molar-refractivity contribution in [3.63, 3.8) is 0 Å². The monoisotopic (exact) mass is 636 g/mol. The maximum atomic E-state index is 10.5. The number of fused-ring (bicyclic) bond motifs is 1. The number of hydrogen-bond donors (Lipinski definition) is 2. The standard InChI is InChI=1S/C22H15Br2IN4O/c1-12(13-6-8-15(25)9-7-13)28-29-22-16-4-2-3-5-19(16)26-21(27-22)17-10-14(23)11-18(24)20(17)30/h2-11,30H,1H3,(H,26,27,29)/b28-12-. The van der Waals surface area contributed by atoms with Crippen molar-refractivity contribution in [2.75, 3.05) is 5.43 Å². The molecule has 0 saturated heterocycles. The third-order valence-electron chi connectivity index (χ3n) is 4.46. The summed E-state index contributed by atoms with van der Waals surface area (Å²) in [6.07, 6.45) is 0. The summed E-state index contributed by atoms with van der Waals surface area (Å²) in [5.41, 5.74) is 6.22. The Balaban J connectivity index is 1.80. The summed E-state index contributed by atoms with van der Waals surface area (Å²) in [6.45, 7) is 1.94. The van der Waals surface area contributed by atoms with Crippen molar-refractivity contribution in [1.29, 1.82) is 0 Å². The Labute approximate surface area is 204 Å². The fourth-order valence-electron chi connectivity index (χ4n) is 2.91. The molecule has 3 aromatic carbocycles. The molecule has 0 fully saturated rings. The van der Waals surface area contributed by atoms with Crippen molar-refractivity contribution in [1.82, 2.24) is 9.97 Å². The highest BCUT2D eigenvalue weighted by molar-refractivity contribution is 14.1. The Morgan fingerprint density at radius 3 is 2.53 bits per heavy atom. The molecule has 1 aromatic heterocycles. The van der Waals surface area contributed by atoms with Gasteiger partial charge in [0, 0.05) is 13.4 Å². The summed E-state index contributed by atoms with van der Waals surface area (Å²) in [5.74, 6) is 1.05. The minimum atomic E-state index is 0.0815. The summed E-state index contributed by atoms with van der Waals surface area (Å²) < 4.78 is 2.54. The van der Waals surface area contributed by atoms with Crippen LogP contribution in [0.4, 0.5) is 5.82 Å². The van der Waals surface area contributed by atoms with Crippen LogP contribution < -0.4 is 5.43 Å². The van der Waals surface area contributed by atoms with E-state index in [1.165, 1.54) is 3.57 Å². The molecule has 0 aliphatic heterocycles. The van der Waals surface area contributed by atoms with Crippen LogP contribution in [-0.2, 0) is 0 Å². The molecule has 8 heteroatoms. The number of hydrogen-bond acceptors (Lipinski definition) is 5. The Morgan fingerprint density at radius 2 is 1.77 bits per heavy atom. The van der Waals surface area contributed by atoms with E-state index in [2.05, 4.69) is 74.9 Å². The predicted octanol–water partition coefficient (Wildman–Crippen LogP) is 6.97. The van der Waals surface area contributed by atoms with E-state index in [1.807, 2.05) is 55.5 Å². The normalized spacial score (nSPS) is 11.7. The van der Waals surface area contributed by atoms with E-state index in [0.717, 1.165) is 26.7 Å². The molecule has 0 aliphatic carbocycles. The molecule has 0 radical (unpaired) electrons. The van der Waals surface area contributed by atoms with Crippen LogP contribution in [0.2, 0.25) is 0 Å². The lowest BCUT2D eigenvalue weighted by Crippen LogP contribution is -2.03. The van der Waals surface area contributed by atoms with Crippen molar-refractivity contribution >= 4 is 76.9 Å². The third kappa shape index (κ3) is 4.50. The smallest absolute Gasteiger partial charge is 0.166 e. The number of phenols is 1. The van der Waals surface area contributed by atoms with Gasteiger partial charge in [0.1, 0.15) is 5.75 Å². The quantitative estimate of drug-likeness (QED) is 0.144. The fourth-order valence-corrected chi connectivity index (χ4v) is 4.50. The van der Waals surface area contributed by atoms with Crippen LogP contribution in [0.1, 0.15) is 12.5 Å². The number of phenolic OH excluding ortho intramolecular Hbond substituents is 1. The maximum absolute atomic E-state index is 10.5. The molecule has 1 heterocycles. The molecule has 2 N–H and O–H groups in total. The highest BCUT2D eigenvalue weighted by atomic mass is 127. The number of aromatic nitrogens is 2. The van der Waals surface area contributed by atoms with Crippen molar-refractivity contribution in [3.05, 3.63) is 78.7 Å². The molecule has 0 spiro atoms. The van der Waals surface area contributed by atoms with Gasteiger partial charge in [-0.15, -0.1) is 0 Å². The number of para-hydroxylation sites is 1. The minimum absolute atomic E-state index is 0.0815. The van der Waals surface area contributed by atoms with Gasteiger partial charge in [-0.1, -0.05) is 40.2 Å². The zero-order valence-electron chi connectivity index (χ0n) is 15.7.